The Bertz CT molecular complexity index is 3390. The predicted octanol–water partition coefficient (Wildman–Crippen LogP) is 14.1. The quantitative estimate of drug-likeness (QED) is 0.173. The maximum Gasteiger partial charge on any atom is 0.164 e. The van der Waals surface area contributed by atoms with Crippen molar-refractivity contribution >= 4 is 10.8 Å². The van der Waals surface area contributed by atoms with Gasteiger partial charge in [0.15, 0.2) is 11.6 Å². The Hall–Kier alpha value is -8.02. The Morgan fingerprint density at radius 1 is 0.397 bits per heavy atom. The molecule has 5 heteroatoms. The Morgan fingerprint density at radius 3 is 1.56 bits per heavy atom. The first-order valence-corrected chi connectivity index (χ1v) is 21.4. The summed E-state index contributed by atoms with van der Waals surface area (Å²) in [6, 6.07) is 63.2. The van der Waals surface area contributed by atoms with E-state index in [4.69, 9.17) is 19.7 Å². The van der Waals surface area contributed by atoms with E-state index in [-0.39, 0.29) is 0 Å². The summed E-state index contributed by atoms with van der Waals surface area (Å²) in [7, 11) is 0. The number of pyridine rings is 1. The Kier molecular flexibility index (Phi) is 8.35. The van der Waals surface area contributed by atoms with Crippen LogP contribution in [0.15, 0.2) is 188 Å². The molecule has 0 amide bonds. The third kappa shape index (κ3) is 5.77. The Labute approximate surface area is 366 Å². The van der Waals surface area contributed by atoms with Crippen LogP contribution in [0.4, 0.5) is 0 Å². The number of aryl methyl sites for hydroxylation is 3. The van der Waals surface area contributed by atoms with E-state index < -0.39 is 5.41 Å². The minimum atomic E-state index is -0.598. The van der Waals surface area contributed by atoms with Gasteiger partial charge in [0.05, 0.1) is 5.41 Å². The first-order valence-electron chi connectivity index (χ1n) is 21.4. The first-order chi connectivity index (χ1) is 30.9. The fourth-order valence-corrected chi connectivity index (χ4v) is 10.2. The van der Waals surface area contributed by atoms with Gasteiger partial charge in [-0.25, -0.2) is 15.0 Å². The lowest BCUT2D eigenvalue weighted by Crippen LogP contribution is -2.32. The summed E-state index contributed by atoms with van der Waals surface area (Å²) >= 11 is 0. The van der Waals surface area contributed by atoms with Gasteiger partial charge in [-0.05, 0) is 110 Å². The van der Waals surface area contributed by atoms with Gasteiger partial charge in [-0.3, -0.25) is 4.98 Å². The smallest absolute Gasteiger partial charge is 0.164 e. The van der Waals surface area contributed by atoms with Crippen molar-refractivity contribution in [2.45, 2.75) is 26.2 Å². The summed E-state index contributed by atoms with van der Waals surface area (Å²) in [5.41, 5.74) is 17.8. The van der Waals surface area contributed by atoms with Gasteiger partial charge in [0.1, 0.15) is 17.3 Å². The summed E-state index contributed by atoms with van der Waals surface area (Å²) in [4.78, 5) is 19.2. The number of hydrogen-bond acceptors (Lipinski definition) is 5. The zero-order valence-electron chi connectivity index (χ0n) is 35.1. The molecule has 1 spiro atoms. The molecule has 63 heavy (non-hydrogen) atoms. The van der Waals surface area contributed by atoms with Crippen LogP contribution in [-0.4, -0.2) is 19.9 Å². The minimum absolute atomic E-state index is 0.598. The number of benzene rings is 8. The second-order valence-corrected chi connectivity index (χ2v) is 16.7. The van der Waals surface area contributed by atoms with E-state index in [1.807, 2.05) is 19.3 Å². The van der Waals surface area contributed by atoms with Gasteiger partial charge in [-0.1, -0.05) is 164 Å². The average Bonchev–Trinajstić information content (AvgIpc) is 3.61. The summed E-state index contributed by atoms with van der Waals surface area (Å²) in [6.45, 7) is 6.17. The lowest BCUT2D eigenvalue weighted by atomic mass is 9.66. The summed E-state index contributed by atoms with van der Waals surface area (Å²) in [5, 5.41) is 2.25. The highest BCUT2D eigenvalue weighted by Gasteiger charge is 2.51. The third-order valence-electron chi connectivity index (χ3n) is 13.0. The Balaban J connectivity index is 0.964. The topological polar surface area (TPSA) is 60.8 Å². The highest BCUT2D eigenvalue weighted by Crippen LogP contribution is 2.62. The number of ether oxygens (including phenoxy) is 1. The molecule has 10 aromatic rings. The molecule has 0 radical (unpaired) electrons. The zero-order valence-corrected chi connectivity index (χ0v) is 35.1. The van der Waals surface area contributed by atoms with Crippen LogP contribution in [0.3, 0.4) is 0 Å². The first kappa shape index (κ1) is 36.8. The van der Waals surface area contributed by atoms with Gasteiger partial charge >= 0.3 is 0 Å². The molecule has 0 unspecified atom stereocenters. The van der Waals surface area contributed by atoms with E-state index in [0.717, 1.165) is 55.7 Å². The average molecular weight is 809 g/mol. The van der Waals surface area contributed by atoms with Gasteiger partial charge in [0.25, 0.3) is 0 Å². The van der Waals surface area contributed by atoms with Gasteiger partial charge in [-0.2, -0.15) is 0 Å². The van der Waals surface area contributed by atoms with Crippen LogP contribution >= 0.6 is 0 Å². The largest absolute Gasteiger partial charge is 0.457 e. The lowest BCUT2D eigenvalue weighted by molar-refractivity contribution is 0.437. The zero-order chi connectivity index (χ0) is 42.2. The van der Waals surface area contributed by atoms with E-state index >= 15 is 0 Å². The molecule has 298 valence electrons. The molecular formula is C58H40N4O. The molecule has 0 fully saturated rings. The van der Waals surface area contributed by atoms with Crippen molar-refractivity contribution in [1.29, 1.82) is 0 Å². The van der Waals surface area contributed by atoms with E-state index in [0.29, 0.717) is 17.5 Å². The maximum absolute atomic E-state index is 7.10. The normalized spacial score (nSPS) is 12.9. The van der Waals surface area contributed by atoms with Crippen molar-refractivity contribution in [2.24, 2.45) is 0 Å². The van der Waals surface area contributed by atoms with Crippen molar-refractivity contribution in [3.8, 4) is 78.8 Å². The second-order valence-electron chi connectivity index (χ2n) is 16.7. The Morgan fingerprint density at radius 2 is 0.889 bits per heavy atom. The highest BCUT2D eigenvalue weighted by atomic mass is 16.5. The molecule has 2 aromatic heterocycles. The molecule has 8 aromatic carbocycles. The molecule has 12 rings (SSSR count). The fraction of sp³-hybridized carbons (Fsp3) is 0.0690. The van der Waals surface area contributed by atoms with Crippen molar-refractivity contribution < 1.29 is 4.74 Å². The van der Waals surface area contributed by atoms with Gasteiger partial charge < -0.3 is 4.74 Å². The lowest BCUT2D eigenvalue weighted by Gasteiger charge is -2.39. The van der Waals surface area contributed by atoms with Crippen molar-refractivity contribution in [1.82, 2.24) is 19.9 Å². The molecular weight excluding hydrogens is 769 g/mol. The van der Waals surface area contributed by atoms with Crippen LogP contribution in [0.25, 0.3) is 78.1 Å². The summed E-state index contributed by atoms with van der Waals surface area (Å²) in [6.07, 6.45) is 3.87. The van der Waals surface area contributed by atoms with E-state index in [1.165, 1.54) is 55.6 Å². The molecule has 0 saturated carbocycles. The SMILES string of the molecule is Cc1nc(-c2ccc3c(c2)Oc2cc(-c4ccc(-c5ccc(-c6c(C)cncc6C)cc5)cc4)ccc2C32c3ccccc3-c3ccccc32)nc(-c2cccc3ccccc23)n1. The predicted molar refractivity (Wildman–Crippen MR) is 254 cm³/mol. The van der Waals surface area contributed by atoms with Crippen molar-refractivity contribution in [3.63, 3.8) is 0 Å². The monoisotopic (exact) mass is 808 g/mol. The second kappa shape index (κ2) is 14.3. The number of fused-ring (bicyclic) bond motifs is 10. The van der Waals surface area contributed by atoms with Crippen LogP contribution in [0, 0.1) is 20.8 Å². The summed E-state index contributed by atoms with van der Waals surface area (Å²) < 4.78 is 7.10. The molecule has 3 heterocycles. The highest BCUT2D eigenvalue weighted by molar-refractivity contribution is 5.95. The van der Waals surface area contributed by atoms with E-state index in [1.54, 1.807) is 0 Å². The van der Waals surface area contributed by atoms with Crippen LogP contribution in [0.5, 0.6) is 11.5 Å². The molecule has 1 aliphatic carbocycles. The number of rotatable bonds is 5. The van der Waals surface area contributed by atoms with E-state index in [2.05, 4.69) is 195 Å². The van der Waals surface area contributed by atoms with E-state index in [9.17, 15) is 0 Å². The minimum Gasteiger partial charge on any atom is -0.457 e. The van der Waals surface area contributed by atoms with Crippen LogP contribution in [-0.2, 0) is 5.41 Å². The standard InChI is InChI=1S/C58H40N4O/c1-35-33-59-34-36(2)55(35)42-25-23-39(24-26-42)38-19-21-40(22-20-38)43-27-29-51-53(31-43)63-54-32-44(56-60-37(3)61-57(62-56)48-16-10-12-41-11-4-5-13-45(41)48)28-30-52(54)58(51)49-17-8-6-14-46(49)47-15-7-9-18-50(47)58/h4-34H,1-3H3. The molecule has 0 bridgehead atoms. The van der Waals surface area contributed by atoms with Crippen LogP contribution < -0.4 is 4.74 Å². The van der Waals surface area contributed by atoms with Crippen LogP contribution in [0.2, 0.25) is 0 Å². The molecule has 2 aliphatic rings. The molecule has 0 atom stereocenters. The maximum atomic E-state index is 7.10. The molecule has 0 saturated heterocycles. The number of hydrogen-bond donors (Lipinski definition) is 0. The summed E-state index contributed by atoms with van der Waals surface area (Å²) in [5.74, 6) is 3.52. The van der Waals surface area contributed by atoms with Gasteiger partial charge in [0.2, 0.25) is 0 Å². The van der Waals surface area contributed by atoms with Crippen LogP contribution in [0.1, 0.15) is 39.2 Å². The van der Waals surface area contributed by atoms with Gasteiger partial charge in [0, 0.05) is 34.6 Å². The van der Waals surface area contributed by atoms with Crippen molar-refractivity contribution in [3.05, 3.63) is 228 Å². The molecule has 0 N–H and O–H groups in total. The molecule has 1 aliphatic heterocycles. The fourth-order valence-electron chi connectivity index (χ4n) is 10.2. The molecule has 5 nitrogen and oxygen atoms in total. The third-order valence-corrected chi connectivity index (χ3v) is 13.0. The number of nitrogens with zero attached hydrogens (tertiary/aromatic N) is 4. The van der Waals surface area contributed by atoms with Crippen molar-refractivity contribution in [2.75, 3.05) is 0 Å². The number of aromatic nitrogens is 4. The van der Waals surface area contributed by atoms with Gasteiger partial charge in [-0.15, -0.1) is 0 Å².